The highest BCUT2D eigenvalue weighted by Crippen LogP contribution is 2.28. The summed E-state index contributed by atoms with van der Waals surface area (Å²) in [4.78, 5) is 4.40. The predicted molar refractivity (Wildman–Crippen MR) is 91.5 cm³/mol. The first-order chi connectivity index (χ1) is 10.3. The third-order valence-corrected chi connectivity index (χ3v) is 4.49. The van der Waals surface area contributed by atoms with E-state index in [9.17, 15) is 0 Å². The van der Waals surface area contributed by atoms with E-state index in [1.165, 1.54) is 43.1 Å². The standard InChI is InChI=1S/C19H28N2/c1-4-6-8-15(5-2)13-19(20-3)17-10-11-18-16(14-17)9-7-12-21-18/h7,9-12,14-15,19-20H,4-6,8,13H2,1-3H3. The molecule has 1 heterocycles. The molecule has 1 aromatic heterocycles. The number of nitrogens with zero attached hydrogens (tertiary/aromatic N) is 1. The number of hydrogen-bond acceptors (Lipinski definition) is 2. The molecule has 1 aromatic carbocycles. The Labute approximate surface area is 129 Å². The van der Waals surface area contributed by atoms with Crippen molar-refractivity contribution in [2.45, 2.75) is 52.0 Å². The number of pyridine rings is 1. The Kier molecular flexibility index (Phi) is 6.19. The van der Waals surface area contributed by atoms with Gasteiger partial charge in [0.15, 0.2) is 0 Å². The average molecular weight is 284 g/mol. The second-order valence-electron chi connectivity index (χ2n) is 5.95. The summed E-state index contributed by atoms with van der Waals surface area (Å²) in [6, 6.07) is 11.3. The summed E-state index contributed by atoms with van der Waals surface area (Å²) in [6.45, 7) is 4.59. The second-order valence-corrected chi connectivity index (χ2v) is 5.95. The third-order valence-electron chi connectivity index (χ3n) is 4.49. The highest BCUT2D eigenvalue weighted by molar-refractivity contribution is 5.79. The first-order valence-corrected chi connectivity index (χ1v) is 8.30. The number of fused-ring (bicyclic) bond motifs is 1. The molecule has 2 nitrogen and oxygen atoms in total. The zero-order valence-corrected chi connectivity index (χ0v) is 13.6. The topological polar surface area (TPSA) is 24.9 Å². The van der Waals surface area contributed by atoms with Crippen LogP contribution in [0.15, 0.2) is 36.5 Å². The Hall–Kier alpha value is -1.41. The molecule has 2 aromatic rings. The van der Waals surface area contributed by atoms with E-state index in [2.05, 4.69) is 55.5 Å². The number of aromatic nitrogens is 1. The molecule has 0 spiro atoms. The van der Waals surface area contributed by atoms with Crippen molar-refractivity contribution in [2.75, 3.05) is 7.05 Å². The highest BCUT2D eigenvalue weighted by Gasteiger charge is 2.15. The van der Waals surface area contributed by atoms with Crippen LogP contribution >= 0.6 is 0 Å². The second kappa shape index (κ2) is 8.14. The van der Waals surface area contributed by atoms with Gasteiger partial charge in [-0.05, 0) is 43.1 Å². The van der Waals surface area contributed by atoms with Gasteiger partial charge in [0, 0.05) is 17.6 Å². The van der Waals surface area contributed by atoms with Crippen LogP contribution in [0.1, 0.15) is 57.6 Å². The lowest BCUT2D eigenvalue weighted by Crippen LogP contribution is -2.20. The van der Waals surface area contributed by atoms with Crippen molar-refractivity contribution in [1.29, 1.82) is 0 Å². The van der Waals surface area contributed by atoms with E-state index < -0.39 is 0 Å². The van der Waals surface area contributed by atoms with Gasteiger partial charge in [0.25, 0.3) is 0 Å². The molecular weight excluding hydrogens is 256 g/mol. The van der Waals surface area contributed by atoms with Crippen LogP contribution in [-0.4, -0.2) is 12.0 Å². The van der Waals surface area contributed by atoms with Crippen molar-refractivity contribution >= 4 is 10.9 Å². The average Bonchev–Trinajstić information content (AvgIpc) is 2.55. The smallest absolute Gasteiger partial charge is 0.0702 e. The van der Waals surface area contributed by atoms with Gasteiger partial charge in [-0.15, -0.1) is 0 Å². The van der Waals surface area contributed by atoms with Crippen LogP contribution in [0.5, 0.6) is 0 Å². The minimum Gasteiger partial charge on any atom is -0.313 e. The predicted octanol–water partition coefficient (Wildman–Crippen LogP) is 5.10. The van der Waals surface area contributed by atoms with E-state index in [1.807, 2.05) is 12.3 Å². The number of nitrogens with one attached hydrogen (secondary N) is 1. The molecule has 0 amide bonds. The Morgan fingerprint density at radius 1 is 1.19 bits per heavy atom. The van der Waals surface area contributed by atoms with E-state index in [1.54, 1.807) is 0 Å². The molecule has 2 atom stereocenters. The van der Waals surface area contributed by atoms with Gasteiger partial charge in [0.05, 0.1) is 5.52 Å². The normalized spacial score (nSPS) is 14.2. The van der Waals surface area contributed by atoms with Gasteiger partial charge in [0.2, 0.25) is 0 Å². The molecule has 0 bridgehead atoms. The van der Waals surface area contributed by atoms with E-state index in [4.69, 9.17) is 0 Å². The molecule has 21 heavy (non-hydrogen) atoms. The maximum absolute atomic E-state index is 4.40. The van der Waals surface area contributed by atoms with Gasteiger partial charge in [-0.3, -0.25) is 4.98 Å². The van der Waals surface area contributed by atoms with Crippen LogP contribution in [0.3, 0.4) is 0 Å². The zero-order chi connectivity index (χ0) is 15.1. The molecule has 0 aliphatic rings. The van der Waals surface area contributed by atoms with Crippen molar-refractivity contribution in [2.24, 2.45) is 5.92 Å². The lowest BCUT2D eigenvalue weighted by Gasteiger charge is -2.23. The van der Waals surface area contributed by atoms with Gasteiger partial charge in [-0.2, -0.15) is 0 Å². The Morgan fingerprint density at radius 2 is 2.05 bits per heavy atom. The summed E-state index contributed by atoms with van der Waals surface area (Å²) >= 11 is 0. The van der Waals surface area contributed by atoms with E-state index in [-0.39, 0.29) is 0 Å². The molecule has 0 aliphatic carbocycles. The highest BCUT2D eigenvalue weighted by atomic mass is 14.9. The van der Waals surface area contributed by atoms with Crippen molar-refractivity contribution in [3.05, 3.63) is 42.1 Å². The molecule has 2 rings (SSSR count). The van der Waals surface area contributed by atoms with Crippen LogP contribution in [0.4, 0.5) is 0 Å². The molecule has 1 N–H and O–H groups in total. The maximum Gasteiger partial charge on any atom is 0.0702 e. The Morgan fingerprint density at radius 3 is 2.76 bits per heavy atom. The van der Waals surface area contributed by atoms with E-state index >= 15 is 0 Å². The minimum atomic E-state index is 0.441. The fourth-order valence-corrected chi connectivity index (χ4v) is 3.05. The number of benzene rings is 1. The first-order valence-electron chi connectivity index (χ1n) is 8.30. The van der Waals surface area contributed by atoms with E-state index in [0.717, 1.165) is 11.4 Å². The fraction of sp³-hybridized carbons (Fsp3) is 0.526. The maximum atomic E-state index is 4.40. The third kappa shape index (κ3) is 4.28. The Bertz CT molecular complexity index is 550. The van der Waals surface area contributed by atoms with Crippen LogP contribution < -0.4 is 5.32 Å². The van der Waals surface area contributed by atoms with Crippen LogP contribution in [0.25, 0.3) is 10.9 Å². The van der Waals surface area contributed by atoms with Crippen molar-refractivity contribution in [3.63, 3.8) is 0 Å². The van der Waals surface area contributed by atoms with Crippen LogP contribution in [-0.2, 0) is 0 Å². The largest absolute Gasteiger partial charge is 0.313 e. The summed E-state index contributed by atoms with van der Waals surface area (Å²) in [6.07, 6.45) is 8.33. The summed E-state index contributed by atoms with van der Waals surface area (Å²) in [7, 11) is 2.07. The molecule has 0 aliphatic heterocycles. The molecule has 0 saturated carbocycles. The first kappa shape index (κ1) is 16.0. The molecular formula is C19H28N2. The zero-order valence-electron chi connectivity index (χ0n) is 13.6. The SMILES string of the molecule is CCCCC(CC)CC(NC)c1ccc2ncccc2c1. The van der Waals surface area contributed by atoms with Gasteiger partial charge < -0.3 is 5.32 Å². The van der Waals surface area contributed by atoms with Crippen molar-refractivity contribution in [1.82, 2.24) is 10.3 Å². The van der Waals surface area contributed by atoms with Gasteiger partial charge in [0.1, 0.15) is 0 Å². The quantitative estimate of drug-likeness (QED) is 0.729. The molecule has 0 fully saturated rings. The monoisotopic (exact) mass is 284 g/mol. The summed E-state index contributed by atoms with van der Waals surface area (Å²) in [5.41, 5.74) is 2.46. The van der Waals surface area contributed by atoms with Crippen molar-refractivity contribution < 1.29 is 0 Å². The molecule has 2 heteroatoms. The minimum absolute atomic E-state index is 0.441. The number of rotatable bonds is 8. The fourth-order valence-electron chi connectivity index (χ4n) is 3.05. The molecule has 2 unspecified atom stereocenters. The number of hydrogen-bond donors (Lipinski definition) is 1. The van der Waals surface area contributed by atoms with Gasteiger partial charge >= 0.3 is 0 Å². The van der Waals surface area contributed by atoms with E-state index in [0.29, 0.717) is 6.04 Å². The van der Waals surface area contributed by atoms with Crippen LogP contribution in [0.2, 0.25) is 0 Å². The summed E-state index contributed by atoms with van der Waals surface area (Å²) < 4.78 is 0. The lowest BCUT2D eigenvalue weighted by atomic mass is 9.89. The molecule has 114 valence electrons. The number of unbranched alkanes of at least 4 members (excludes halogenated alkanes) is 1. The summed E-state index contributed by atoms with van der Waals surface area (Å²) in [5, 5.41) is 4.74. The van der Waals surface area contributed by atoms with Gasteiger partial charge in [-0.1, -0.05) is 51.7 Å². The van der Waals surface area contributed by atoms with Crippen molar-refractivity contribution in [3.8, 4) is 0 Å². The summed E-state index contributed by atoms with van der Waals surface area (Å²) in [5.74, 6) is 0.812. The molecule has 0 saturated heterocycles. The Balaban J connectivity index is 2.14. The molecule has 0 radical (unpaired) electrons. The lowest BCUT2D eigenvalue weighted by molar-refractivity contribution is 0.365. The van der Waals surface area contributed by atoms with Crippen LogP contribution in [0, 0.1) is 5.92 Å². The van der Waals surface area contributed by atoms with Gasteiger partial charge in [-0.25, -0.2) is 0 Å².